The summed E-state index contributed by atoms with van der Waals surface area (Å²) in [4.78, 5) is 10.4. The molecule has 0 saturated heterocycles. The van der Waals surface area contributed by atoms with Gasteiger partial charge >= 0.3 is 0 Å². The SMILES string of the molecule is CC(C)c1ccc(Nc2ccc(C#N)c([N+](=O)[O-])c2)cc1. The Morgan fingerprint density at radius 1 is 1.14 bits per heavy atom. The van der Waals surface area contributed by atoms with Crippen LogP contribution in [0.4, 0.5) is 17.1 Å². The van der Waals surface area contributed by atoms with Gasteiger partial charge in [0.05, 0.1) is 4.92 Å². The van der Waals surface area contributed by atoms with E-state index in [1.807, 2.05) is 30.3 Å². The average molecular weight is 281 g/mol. The molecular weight excluding hydrogens is 266 g/mol. The first kappa shape index (κ1) is 14.5. The van der Waals surface area contributed by atoms with Crippen LogP contribution in [0.15, 0.2) is 42.5 Å². The van der Waals surface area contributed by atoms with E-state index in [0.29, 0.717) is 11.6 Å². The van der Waals surface area contributed by atoms with E-state index in [2.05, 4.69) is 19.2 Å². The van der Waals surface area contributed by atoms with Crippen LogP contribution in [0.5, 0.6) is 0 Å². The molecule has 2 aromatic rings. The molecule has 0 unspecified atom stereocenters. The minimum absolute atomic E-state index is 0.0562. The molecule has 2 rings (SSSR count). The van der Waals surface area contributed by atoms with E-state index in [-0.39, 0.29) is 11.3 Å². The van der Waals surface area contributed by atoms with Crippen LogP contribution in [-0.4, -0.2) is 4.92 Å². The van der Waals surface area contributed by atoms with Gasteiger partial charge in [-0.1, -0.05) is 26.0 Å². The van der Waals surface area contributed by atoms with E-state index in [4.69, 9.17) is 5.26 Å². The third-order valence-corrected chi connectivity index (χ3v) is 3.18. The Bertz CT molecular complexity index is 700. The van der Waals surface area contributed by atoms with Gasteiger partial charge in [-0.3, -0.25) is 10.1 Å². The van der Waals surface area contributed by atoms with E-state index in [1.54, 1.807) is 6.07 Å². The second kappa shape index (κ2) is 6.06. The van der Waals surface area contributed by atoms with Crippen molar-refractivity contribution in [1.82, 2.24) is 0 Å². The summed E-state index contributed by atoms with van der Waals surface area (Å²) in [6.07, 6.45) is 0. The van der Waals surface area contributed by atoms with Crippen LogP contribution in [0.25, 0.3) is 0 Å². The fourth-order valence-corrected chi connectivity index (χ4v) is 1.97. The average Bonchev–Trinajstić information content (AvgIpc) is 2.47. The summed E-state index contributed by atoms with van der Waals surface area (Å²) in [5.41, 5.74) is 2.52. The van der Waals surface area contributed by atoms with Crippen molar-refractivity contribution in [2.45, 2.75) is 19.8 Å². The lowest BCUT2D eigenvalue weighted by Gasteiger charge is -2.09. The van der Waals surface area contributed by atoms with Gasteiger partial charge in [-0.2, -0.15) is 5.26 Å². The number of nitrogens with zero attached hydrogens (tertiary/aromatic N) is 2. The predicted octanol–water partition coefficient (Wildman–Crippen LogP) is 4.33. The van der Waals surface area contributed by atoms with Crippen LogP contribution in [0, 0.1) is 21.4 Å². The Hall–Kier alpha value is -2.87. The summed E-state index contributed by atoms with van der Waals surface area (Å²) in [6.45, 7) is 4.23. The van der Waals surface area contributed by atoms with E-state index < -0.39 is 4.92 Å². The zero-order chi connectivity index (χ0) is 15.4. The number of benzene rings is 2. The number of hydrogen-bond donors (Lipinski definition) is 1. The quantitative estimate of drug-likeness (QED) is 0.668. The molecule has 21 heavy (non-hydrogen) atoms. The smallest absolute Gasteiger partial charge is 0.289 e. The van der Waals surface area contributed by atoms with Gasteiger partial charge in [-0.15, -0.1) is 0 Å². The number of nitro groups is 1. The Morgan fingerprint density at radius 3 is 2.29 bits per heavy atom. The summed E-state index contributed by atoms with van der Waals surface area (Å²) < 4.78 is 0. The molecule has 0 heterocycles. The number of nitriles is 1. The van der Waals surface area contributed by atoms with Crippen molar-refractivity contribution >= 4 is 17.1 Å². The van der Waals surface area contributed by atoms with Crippen molar-refractivity contribution in [3.05, 3.63) is 63.7 Å². The Kier molecular flexibility index (Phi) is 4.19. The largest absolute Gasteiger partial charge is 0.355 e. The minimum atomic E-state index is -0.550. The zero-order valence-corrected chi connectivity index (χ0v) is 11.8. The molecule has 0 amide bonds. The van der Waals surface area contributed by atoms with Crippen LogP contribution in [0.1, 0.15) is 30.9 Å². The van der Waals surface area contributed by atoms with Crippen molar-refractivity contribution < 1.29 is 4.92 Å². The first-order valence-electron chi connectivity index (χ1n) is 6.57. The molecule has 0 aliphatic carbocycles. The van der Waals surface area contributed by atoms with E-state index in [1.165, 1.54) is 17.7 Å². The first-order chi connectivity index (χ1) is 10.0. The van der Waals surface area contributed by atoms with Crippen LogP contribution in [0.2, 0.25) is 0 Å². The van der Waals surface area contributed by atoms with Gasteiger partial charge in [0.2, 0.25) is 0 Å². The second-order valence-electron chi connectivity index (χ2n) is 5.00. The predicted molar refractivity (Wildman–Crippen MR) is 81.6 cm³/mol. The molecule has 5 nitrogen and oxygen atoms in total. The van der Waals surface area contributed by atoms with Crippen molar-refractivity contribution in [1.29, 1.82) is 5.26 Å². The lowest BCUT2D eigenvalue weighted by Crippen LogP contribution is -1.96. The number of nitro benzene ring substituents is 1. The van der Waals surface area contributed by atoms with Crippen molar-refractivity contribution in [3.63, 3.8) is 0 Å². The van der Waals surface area contributed by atoms with Crippen LogP contribution in [0.3, 0.4) is 0 Å². The Labute approximate surface area is 123 Å². The summed E-state index contributed by atoms with van der Waals surface area (Å²) in [5.74, 6) is 0.454. The van der Waals surface area contributed by atoms with Crippen LogP contribution < -0.4 is 5.32 Å². The highest BCUT2D eigenvalue weighted by molar-refractivity contribution is 5.65. The molecule has 0 bridgehead atoms. The van der Waals surface area contributed by atoms with Crippen molar-refractivity contribution in [3.8, 4) is 6.07 Å². The molecule has 1 N–H and O–H groups in total. The monoisotopic (exact) mass is 281 g/mol. The molecule has 0 atom stereocenters. The molecule has 0 spiro atoms. The Morgan fingerprint density at radius 2 is 1.76 bits per heavy atom. The highest BCUT2D eigenvalue weighted by Crippen LogP contribution is 2.26. The van der Waals surface area contributed by atoms with Crippen LogP contribution >= 0.6 is 0 Å². The molecule has 0 aliphatic rings. The molecule has 0 radical (unpaired) electrons. The third-order valence-electron chi connectivity index (χ3n) is 3.18. The lowest BCUT2D eigenvalue weighted by atomic mass is 10.0. The highest BCUT2D eigenvalue weighted by Gasteiger charge is 2.14. The highest BCUT2D eigenvalue weighted by atomic mass is 16.6. The first-order valence-corrected chi connectivity index (χ1v) is 6.57. The number of nitrogens with one attached hydrogen (secondary N) is 1. The van der Waals surface area contributed by atoms with Gasteiger partial charge in [-0.05, 0) is 35.7 Å². The summed E-state index contributed by atoms with van der Waals surface area (Å²) >= 11 is 0. The second-order valence-corrected chi connectivity index (χ2v) is 5.00. The topological polar surface area (TPSA) is 79.0 Å². The van der Waals surface area contributed by atoms with Gasteiger partial charge < -0.3 is 5.32 Å². The molecular formula is C16H15N3O2. The lowest BCUT2D eigenvalue weighted by molar-refractivity contribution is -0.385. The van der Waals surface area contributed by atoms with E-state index in [0.717, 1.165) is 5.69 Å². The molecule has 106 valence electrons. The number of anilines is 2. The molecule has 0 saturated carbocycles. The van der Waals surface area contributed by atoms with E-state index >= 15 is 0 Å². The maximum atomic E-state index is 10.9. The minimum Gasteiger partial charge on any atom is -0.355 e. The van der Waals surface area contributed by atoms with Gasteiger partial charge in [0.15, 0.2) is 0 Å². The number of rotatable bonds is 4. The fraction of sp³-hybridized carbons (Fsp3) is 0.188. The van der Waals surface area contributed by atoms with E-state index in [9.17, 15) is 10.1 Å². The van der Waals surface area contributed by atoms with Gasteiger partial charge in [0.25, 0.3) is 5.69 Å². The molecule has 2 aromatic carbocycles. The normalized spacial score (nSPS) is 10.2. The summed E-state index contributed by atoms with van der Waals surface area (Å²) in [6, 6.07) is 14.2. The fourth-order valence-electron chi connectivity index (χ4n) is 1.97. The summed E-state index contributed by atoms with van der Waals surface area (Å²) in [5, 5.41) is 22.9. The molecule has 0 aromatic heterocycles. The maximum Gasteiger partial charge on any atom is 0.289 e. The van der Waals surface area contributed by atoms with Gasteiger partial charge in [-0.25, -0.2) is 0 Å². The standard InChI is InChI=1S/C16H15N3O2/c1-11(2)12-3-6-14(7-4-12)18-15-8-5-13(10-17)16(9-15)19(20)21/h3-9,11,18H,1-2H3. The third kappa shape index (κ3) is 3.37. The molecule has 5 heteroatoms. The Balaban J connectivity index is 2.25. The van der Waals surface area contributed by atoms with Gasteiger partial charge in [0, 0.05) is 17.4 Å². The van der Waals surface area contributed by atoms with Gasteiger partial charge in [0.1, 0.15) is 11.6 Å². The molecule has 0 aliphatic heterocycles. The number of hydrogen-bond acceptors (Lipinski definition) is 4. The summed E-state index contributed by atoms with van der Waals surface area (Å²) in [7, 11) is 0. The molecule has 0 fully saturated rings. The zero-order valence-electron chi connectivity index (χ0n) is 11.8. The van der Waals surface area contributed by atoms with Crippen molar-refractivity contribution in [2.24, 2.45) is 0 Å². The van der Waals surface area contributed by atoms with Crippen molar-refractivity contribution in [2.75, 3.05) is 5.32 Å². The maximum absolute atomic E-state index is 10.9. The van der Waals surface area contributed by atoms with Crippen LogP contribution in [-0.2, 0) is 0 Å².